The summed E-state index contributed by atoms with van der Waals surface area (Å²) < 4.78 is 24.0. The Morgan fingerprint density at radius 3 is 2.56 bits per heavy atom. The fourth-order valence-corrected chi connectivity index (χ4v) is 4.22. The number of aliphatic hydroxyl groups is 1. The van der Waals surface area contributed by atoms with Gasteiger partial charge in [-0.2, -0.15) is 0 Å². The van der Waals surface area contributed by atoms with Crippen LogP contribution in [0.2, 0.25) is 0 Å². The van der Waals surface area contributed by atoms with E-state index < -0.39 is 0 Å². The summed E-state index contributed by atoms with van der Waals surface area (Å²) >= 11 is 0. The van der Waals surface area contributed by atoms with Crippen LogP contribution < -0.4 is 18.9 Å². The van der Waals surface area contributed by atoms with Gasteiger partial charge in [-0.3, -0.25) is 4.79 Å². The number of ketones is 1. The van der Waals surface area contributed by atoms with Crippen molar-refractivity contribution in [3.8, 4) is 23.0 Å². The minimum atomic E-state index is -0.272. The number of hydrogen-bond donors (Lipinski definition) is 1. The third kappa shape index (κ3) is 6.18. The number of carbonyl (C=O) groups is 1. The third-order valence-corrected chi connectivity index (χ3v) is 6.04. The van der Waals surface area contributed by atoms with Gasteiger partial charge in [0.25, 0.3) is 0 Å². The molecule has 0 bridgehead atoms. The van der Waals surface area contributed by atoms with E-state index in [2.05, 4.69) is 0 Å². The van der Waals surface area contributed by atoms with Crippen LogP contribution in [0.4, 0.5) is 0 Å². The van der Waals surface area contributed by atoms with Crippen LogP contribution in [0.15, 0.2) is 60.7 Å². The number of fused-ring (bicyclic) bond motifs is 1. The third-order valence-electron chi connectivity index (χ3n) is 6.04. The zero-order chi connectivity index (χ0) is 25.7. The van der Waals surface area contributed by atoms with Gasteiger partial charge in [-0.25, -0.2) is 0 Å². The quantitative estimate of drug-likeness (QED) is 0.356. The maximum atomic E-state index is 13.3. The van der Waals surface area contributed by atoms with E-state index in [9.17, 15) is 9.90 Å². The number of ether oxygens (including phenoxy) is 4. The lowest BCUT2D eigenvalue weighted by molar-refractivity contribution is 0.0812. The maximum absolute atomic E-state index is 13.3. The zero-order valence-corrected chi connectivity index (χ0v) is 21.4. The monoisotopic (exact) mass is 490 g/mol. The van der Waals surface area contributed by atoms with Gasteiger partial charge in [0.1, 0.15) is 35.2 Å². The molecule has 0 atom stereocenters. The van der Waals surface area contributed by atoms with Crippen LogP contribution in [0.3, 0.4) is 0 Å². The van der Waals surface area contributed by atoms with Crippen molar-refractivity contribution >= 4 is 5.78 Å². The van der Waals surface area contributed by atoms with E-state index in [1.807, 2.05) is 64.1 Å². The van der Waals surface area contributed by atoms with Gasteiger partial charge in [-0.05, 0) is 70.4 Å². The molecule has 1 heterocycles. The van der Waals surface area contributed by atoms with Crippen LogP contribution in [-0.4, -0.2) is 29.2 Å². The summed E-state index contributed by atoms with van der Waals surface area (Å²) in [6, 6.07) is 18.6. The molecule has 190 valence electrons. The van der Waals surface area contributed by atoms with Crippen molar-refractivity contribution < 1.29 is 28.8 Å². The second-order valence-electron chi connectivity index (χ2n) is 9.86. The SMILES string of the molecule is CC(C)Oc1ccc(C(=O)COc2c(CO)ccc3c2CCC(C)(C)O3)c(OCc2ccccc2)c1. The van der Waals surface area contributed by atoms with Gasteiger partial charge in [-0.15, -0.1) is 0 Å². The fraction of sp³-hybridized carbons (Fsp3) is 0.367. The molecule has 6 heteroatoms. The maximum Gasteiger partial charge on any atom is 0.203 e. The number of hydrogen-bond acceptors (Lipinski definition) is 6. The van der Waals surface area contributed by atoms with Gasteiger partial charge in [0, 0.05) is 17.2 Å². The lowest BCUT2D eigenvalue weighted by atomic mass is 9.92. The van der Waals surface area contributed by atoms with Crippen molar-refractivity contribution in [3.05, 3.63) is 82.9 Å². The van der Waals surface area contributed by atoms with Crippen molar-refractivity contribution in [3.63, 3.8) is 0 Å². The highest BCUT2D eigenvalue weighted by Gasteiger charge is 2.30. The molecule has 0 spiro atoms. The van der Waals surface area contributed by atoms with E-state index in [0.29, 0.717) is 35.0 Å². The molecule has 1 N–H and O–H groups in total. The van der Waals surface area contributed by atoms with E-state index in [1.165, 1.54) is 0 Å². The lowest BCUT2D eigenvalue weighted by Gasteiger charge is -2.33. The topological polar surface area (TPSA) is 74.2 Å². The summed E-state index contributed by atoms with van der Waals surface area (Å²) in [6.07, 6.45) is 1.55. The molecular weight excluding hydrogens is 456 g/mol. The molecule has 4 rings (SSSR count). The molecule has 1 aliphatic rings. The molecule has 0 aromatic heterocycles. The van der Waals surface area contributed by atoms with E-state index in [4.69, 9.17) is 18.9 Å². The van der Waals surface area contributed by atoms with Crippen LogP contribution >= 0.6 is 0 Å². The highest BCUT2D eigenvalue weighted by Crippen LogP contribution is 2.40. The molecule has 0 amide bonds. The molecule has 0 saturated carbocycles. The molecule has 0 saturated heterocycles. The Morgan fingerprint density at radius 2 is 1.83 bits per heavy atom. The number of aliphatic hydroxyl groups excluding tert-OH is 1. The summed E-state index contributed by atoms with van der Waals surface area (Å²) in [5.74, 6) is 2.09. The van der Waals surface area contributed by atoms with Crippen molar-refractivity contribution in [1.82, 2.24) is 0 Å². The first-order valence-electron chi connectivity index (χ1n) is 12.3. The molecule has 0 aliphatic carbocycles. The zero-order valence-electron chi connectivity index (χ0n) is 21.4. The standard InChI is InChI=1S/C30H34O6/c1-20(2)35-23-11-12-24(28(16-23)33-18-21-8-6-5-7-9-21)26(32)19-34-29-22(17-31)10-13-27-25(29)14-15-30(3,4)36-27/h5-13,16,20,31H,14-15,17-19H2,1-4H3. The molecule has 0 unspecified atom stereocenters. The molecule has 3 aromatic rings. The van der Waals surface area contributed by atoms with Crippen LogP contribution in [0, 0.1) is 0 Å². The predicted molar refractivity (Wildman–Crippen MR) is 138 cm³/mol. The number of carbonyl (C=O) groups excluding carboxylic acids is 1. The van der Waals surface area contributed by atoms with Crippen molar-refractivity contribution in [2.75, 3.05) is 6.61 Å². The highest BCUT2D eigenvalue weighted by molar-refractivity contribution is 6.00. The van der Waals surface area contributed by atoms with Crippen molar-refractivity contribution in [1.29, 1.82) is 0 Å². The Labute approximate surface area is 212 Å². The molecule has 0 radical (unpaired) electrons. The largest absolute Gasteiger partial charge is 0.491 e. The van der Waals surface area contributed by atoms with Gasteiger partial charge in [0.15, 0.2) is 6.61 Å². The first-order valence-corrected chi connectivity index (χ1v) is 12.3. The molecule has 1 aliphatic heterocycles. The first kappa shape index (κ1) is 25.6. The van der Waals surface area contributed by atoms with Gasteiger partial charge >= 0.3 is 0 Å². The molecule has 6 nitrogen and oxygen atoms in total. The average molecular weight is 491 g/mol. The average Bonchev–Trinajstić information content (AvgIpc) is 2.85. The highest BCUT2D eigenvalue weighted by atomic mass is 16.5. The minimum Gasteiger partial charge on any atom is -0.491 e. The summed E-state index contributed by atoms with van der Waals surface area (Å²) in [4.78, 5) is 13.3. The summed E-state index contributed by atoms with van der Waals surface area (Å²) in [7, 11) is 0. The molecule has 3 aromatic carbocycles. The minimum absolute atomic E-state index is 0.00906. The van der Waals surface area contributed by atoms with Crippen molar-refractivity contribution in [2.45, 2.75) is 65.5 Å². The van der Waals surface area contributed by atoms with E-state index >= 15 is 0 Å². The first-order chi connectivity index (χ1) is 17.3. The van der Waals surface area contributed by atoms with Crippen LogP contribution in [-0.2, 0) is 19.6 Å². The van der Waals surface area contributed by atoms with Crippen LogP contribution in [0.5, 0.6) is 23.0 Å². The normalized spacial score (nSPS) is 14.1. The Morgan fingerprint density at radius 1 is 1.06 bits per heavy atom. The molecule has 36 heavy (non-hydrogen) atoms. The van der Waals surface area contributed by atoms with E-state index in [1.54, 1.807) is 24.3 Å². The fourth-order valence-electron chi connectivity index (χ4n) is 4.22. The second-order valence-corrected chi connectivity index (χ2v) is 9.86. The van der Waals surface area contributed by atoms with Crippen molar-refractivity contribution in [2.24, 2.45) is 0 Å². The van der Waals surface area contributed by atoms with Gasteiger partial charge in [-0.1, -0.05) is 30.3 Å². The van der Waals surface area contributed by atoms with Gasteiger partial charge in [0.05, 0.1) is 18.3 Å². The summed E-state index contributed by atoms with van der Waals surface area (Å²) in [6.45, 7) is 7.92. The van der Waals surface area contributed by atoms with E-state index in [0.717, 1.165) is 29.7 Å². The van der Waals surface area contributed by atoms with Crippen LogP contribution in [0.25, 0.3) is 0 Å². The summed E-state index contributed by atoms with van der Waals surface area (Å²) in [5.41, 5.74) is 2.65. The van der Waals surface area contributed by atoms with Gasteiger partial charge < -0.3 is 24.1 Å². The number of benzene rings is 3. The lowest BCUT2D eigenvalue weighted by Crippen LogP contribution is -2.33. The Kier molecular flexibility index (Phi) is 7.85. The molecular formula is C30H34O6. The van der Waals surface area contributed by atoms with Gasteiger partial charge in [0.2, 0.25) is 5.78 Å². The number of Topliss-reactive ketones (excluding diaryl/α,β-unsaturated/α-hetero) is 1. The Hall–Kier alpha value is -3.51. The Balaban J connectivity index is 1.56. The Bertz CT molecular complexity index is 1200. The number of rotatable bonds is 10. The smallest absolute Gasteiger partial charge is 0.203 e. The second kappa shape index (κ2) is 11.0. The predicted octanol–water partition coefficient (Wildman–Crippen LogP) is 5.91. The summed E-state index contributed by atoms with van der Waals surface area (Å²) in [5, 5.41) is 9.89. The van der Waals surface area contributed by atoms with Crippen LogP contribution in [0.1, 0.15) is 61.2 Å². The molecule has 0 fully saturated rings. The van der Waals surface area contributed by atoms with E-state index in [-0.39, 0.29) is 30.7 Å².